The highest BCUT2D eigenvalue weighted by Gasteiger charge is 2.19. The van der Waals surface area contributed by atoms with E-state index >= 15 is 0 Å². The molecule has 0 unspecified atom stereocenters. The van der Waals surface area contributed by atoms with E-state index in [4.69, 9.17) is 4.74 Å². The van der Waals surface area contributed by atoms with Crippen LogP contribution in [0.5, 0.6) is 5.75 Å². The molecule has 8 nitrogen and oxygen atoms in total. The van der Waals surface area contributed by atoms with Gasteiger partial charge in [0.15, 0.2) is 5.75 Å². The highest BCUT2D eigenvalue weighted by molar-refractivity contribution is 9.10. The predicted octanol–water partition coefficient (Wildman–Crippen LogP) is 3.51. The molecule has 0 aromatic heterocycles. The van der Waals surface area contributed by atoms with Gasteiger partial charge >= 0.3 is 17.6 Å². The number of halogens is 1. The maximum Gasteiger partial charge on any atom is 0.337 e. The number of rotatable bonds is 6. The predicted molar refractivity (Wildman–Crippen MR) is 94.2 cm³/mol. The third-order valence-corrected chi connectivity index (χ3v) is 4.20. The van der Waals surface area contributed by atoms with E-state index in [9.17, 15) is 19.7 Å². The molecule has 0 aliphatic rings. The van der Waals surface area contributed by atoms with E-state index < -0.39 is 16.9 Å². The van der Waals surface area contributed by atoms with Crippen molar-refractivity contribution < 1.29 is 28.7 Å². The van der Waals surface area contributed by atoms with E-state index in [-0.39, 0.29) is 23.6 Å². The summed E-state index contributed by atoms with van der Waals surface area (Å²) < 4.78 is 15.5. The Balaban J connectivity index is 2.32. The van der Waals surface area contributed by atoms with Gasteiger partial charge in [-0.3, -0.25) is 10.1 Å². The summed E-state index contributed by atoms with van der Waals surface area (Å²) in [6.45, 7) is -0.0725. The fourth-order valence-electron chi connectivity index (χ4n) is 2.11. The van der Waals surface area contributed by atoms with Crippen molar-refractivity contribution in [2.75, 3.05) is 14.2 Å². The zero-order valence-electron chi connectivity index (χ0n) is 13.9. The lowest BCUT2D eigenvalue weighted by Gasteiger charge is -2.10. The fraction of sp³-hybridized carbons (Fsp3) is 0.176. The average molecular weight is 424 g/mol. The number of carbonyl (C=O) groups excluding carboxylic acids is 2. The maximum absolute atomic E-state index is 11.6. The number of hydrogen-bond acceptors (Lipinski definition) is 7. The SMILES string of the molecule is COC(=O)c1ccc(Br)c(COc2cc(C(=O)OC)ccc2[N+](=O)[O-])c1. The van der Waals surface area contributed by atoms with E-state index in [1.54, 1.807) is 18.2 Å². The summed E-state index contributed by atoms with van der Waals surface area (Å²) in [4.78, 5) is 33.8. The van der Waals surface area contributed by atoms with Gasteiger partial charge in [0, 0.05) is 22.2 Å². The largest absolute Gasteiger partial charge is 0.482 e. The van der Waals surface area contributed by atoms with Crippen LogP contribution in [0.2, 0.25) is 0 Å². The summed E-state index contributed by atoms with van der Waals surface area (Å²) in [6, 6.07) is 8.45. The number of carbonyl (C=O) groups is 2. The third-order valence-electron chi connectivity index (χ3n) is 3.43. The summed E-state index contributed by atoms with van der Waals surface area (Å²) in [5.74, 6) is -1.25. The minimum absolute atomic E-state index is 0.0725. The topological polar surface area (TPSA) is 105 Å². The van der Waals surface area contributed by atoms with Crippen LogP contribution in [0, 0.1) is 10.1 Å². The van der Waals surface area contributed by atoms with Crippen LogP contribution in [0.25, 0.3) is 0 Å². The normalized spacial score (nSPS) is 10.1. The molecule has 9 heteroatoms. The molecule has 2 aromatic carbocycles. The molecule has 0 N–H and O–H groups in total. The number of benzene rings is 2. The first-order valence-electron chi connectivity index (χ1n) is 7.23. The molecule has 0 radical (unpaired) electrons. The van der Waals surface area contributed by atoms with E-state index in [1.807, 2.05) is 0 Å². The molecule has 0 spiro atoms. The van der Waals surface area contributed by atoms with Crippen molar-refractivity contribution in [3.05, 3.63) is 67.7 Å². The van der Waals surface area contributed by atoms with E-state index in [0.29, 0.717) is 15.6 Å². The molecule has 0 amide bonds. The van der Waals surface area contributed by atoms with E-state index in [0.717, 1.165) is 0 Å². The van der Waals surface area contributed by atoms with Crippen LogP contribution < -0.4 is 4.74 Å². The lowest BCUT2D eigenvalue weighted by atomic mass is 10.1. The Hall–Kier alpha value is -2.94. The highest BCUT2D eigenvalue weighted by Crippen LogP contribution is 2.30. The van der Waals surface area contributed by atoms with Crippen molar-refractivity contribution in [1.82, 2.24) is 0 Å². The van der Waals surface area contributed by atoms with Crippen LogP contribution in [-0.2, 0) is 16.1 Å². The van der Waals surface area contributed by atoms with Gasteiger partial charge in [0.2, 0.25) is 0 Å². The molecule has 0 heterocycles. The van der Waals surface area contributed by atoms with Crippen LogP contribution in [0.1, 0.15) is 26.3 Å². The lowest BCUT2D eigenvalue weighted by molar-refractivity contribution is -0.385. The number of nitrogens with zero attached hydrogens (tertiary/aromatic N) is 1. The zero-order valence-corrected chi connectivity index (χ0v) is 15.4. The first-order chi connectivity index (χ1) is 12.4. The van der Waals surface area contributed by atoms with Gasteiger partial charge in [0.1, 0.15) is 6.61 Å². The fourth-order valence-corrected chi connectivity index (χ4v) is 2.47. The van der Waals surface area contributed by atoms with Gasteiger partial charge in [0.05, 0.1) is 30.3 Å². The molecule has 0 bridgehead atoms. The summed E-state index contributed by atoms with van der Waals surface area (Å²) in [7, 11) is 2.47. The van der Waals surface area contributed by atoms with E-state index in [1.165, 1.54) is 32.4 Å². The molecular weight excluding hydrogens is 410 g/mol. The van der Waals surface area contributed by atoms with Crippen molar-refractivity contribution in [1.29, 1.82) is 0 Å². The smallest absolute Gasteiger partial charge is 0.337 e. The molecule has 2 rings (SSSR count). The Morgan fingerprint density at radius 1 is 1.04 bits per heavy atom. The van der Waals surface area contributed by atoms with Gasteiger partial charge in [0.25, 0.3) is 0 Å². The molecule has 0 fully saturated rings. The number of ether oxygens (including phenoxy) is 3. The summed E-state index contributed by atoms with van der Waals surface area (Å²) >= 11 is 3.33. The van der Waals surface area contributed by atoms with Crippen molar-refractivity contribution in [2.45, 2.75) is 6.61 Å². The Kier molecular flexibility index (Phi) is 6.29. The number of methoxy groups -OCH3 is 2. The van der Waals surface area contributed by atoms with Gasteiger partial charge in [-0.15, -0.1) is 0 Å². The number of nitro groups is 1. The first-order valence-corrected chi connectivity index (χ1v) is 8.03. The van der Waals surface area contributed by atoms with Crippen LogP contribution in [0.4, 0.5) is 5.69 Å². The second-order valence-corrected chi connectivity index (χ2v) is 5.87. The second kappa shape index (κ2) is 8.43. The van der Waals surface area contributed by atoms with Crippen LogP contribution in [0.15, 0.2) is 40.9 Å². The Morgan fingerprint density at radius 3 is 2.19 bits per heavy atom. The minimum Gasteiger partial charge on any atom is -0.482 e. The number of nitro benzene ring substituents is 1. The molecule has 0 atom stereocenters. The minimum atomic E-state index is -0.640. The van der Waals surface area contributed by atoms with E-state index in [2.05, 4.69) is 25.4 Å². The van der Waals surface area contributed by atoms with Gasteiger partial charge in [-0.05, 0) is 24.3 Å². The Bertz CT molecular complexity index is 866. The van der Waals surface area contributed by atoms with Crippen molar-refractivity contribution in [2.24, 2.45) is 0 Å². The number of hydrogen-bond donors (Lipinski definition) is 0. The van der Waals surface area contributed by atoms with Gasteiger partial charge in [-0.1, -0.05) is 15.9 Å². The third kappa shape index (κ3) is 4.37. The number of esters is 2. The van der Waals surface area contributed by atoms with Gasteiger partial charge < -0.3 is 14.2 Å². The zero-order chi connectivity index (χ0) is 19.3. The highest BCUT2D eigenvalue weighted by atomic mass is 79.9. The molecule has 136 valence electrons. The molecule has 0 saturated carbocycles. The maximum atomic E-state index is 11.6. The van der Waals surface area contributed by atoms with Crippen molar-refractivity contribution in [3.63, 3.8) is 0 Å². The van der Waals surface area contributed by atoms with Crippen molar-refractivity contribution >= 4 is 33.6 Å². The van der Waals surface area contributed by atoms with Crippen LogP contribution >= 0.6 is 15.9 Å². The summed E-state index contributed by atoms with van der Waals surface area (Å²) in [5, 5.41) is 11.2. The lowest BCUT2D eigenvalue weighted by Crippen LogP contribution is -2.06. The Morgan fingerprint density at radius 2 is 1.62 bits per heavy atom. The molecule has 0 aliphatic heterocycles. The molecule has 26 heavy (non-hydrogen) atoms. The first kappa shape index (κ1) is 19.4. The quantitative estimate of drug-likeness (QED) is 0.397. The molecule has 0 saturated heterocycles. The summed E-state index contributed by atoms with van der Waals surface area (Å²) in [5.41, 5.74) is 0.714. The van der Waals surface area contributed by atoms with Gasteiger partial charge in [-0.25, -0.2) is 9.59 Å². The molecule has 2 aromatic rings. The Labute approximate surface area is 156 Å². The van der Waals surface area contributed by atoms with Crippen LogP contribution in [0.3, 0.4) is 0 Å². The monoisotopic (exact) mass is 423 g/mol. The van der Waals surface area contributed by atoms with Crippen LogP contribution in [-0.4, -0.2) is 31.1 Å². The molecular formula is C17H14BrNO7. The summed E-state index contributed by atoms with van der Waals surface area (Å²) in [6.07, 6.45) is 0. The van der Waals surface area contributed by atoms with Crippen molar-refractivity contribution in [3.8, 4) is 5.75 Å². The second-order valence-electron chi connectivity index (χ2n) is 5.02. The van der Waals surface area contributed by atoms with Gasteiger partial charge in [-0.2, -0.15) is 0 Å². The molecule has 0 aliphatic carbocycles. The standard InChI is InChI=1S/C17H14BrNO7/c1-24-16(20)10-3-5-13(18)12(7-10)9-26-15-8-11(17(21)25-2)4-6-14(15)19(22)23/h3-8H,9H2,1-2H3. The average Bonchev–Trinajstić information content (AvgIpc) is 2.65.